The lowest BCUT2D eigenvalue weighted by Gasteiger charge is -2.24. The Morgan fingerprint density at radius 1 is 1.28 bits per heavy atom. The maximum atomic E-state index is 11.8. The fourth-order valence-corrected chi connectivity index (χ4v) is 2.20. The van der Waals surface area contributed by atoms with E-state index in [1.807, 2.05) is 0 Å². The highest BCUT2D eigenvalue weighted by Gasteiger charge is 2.41. The molecule has 1 aliphatic heterocycles. The Kier molecular flexibility index (Phi) is 3.47. The average Bonchev–Trinajstić information content (AvgIpc) is 2.99. The molecule has 2 unspecified atom stereocenters. The maximum absolute atomic E-state index is 11.8. The summed E-state index contributed by atoms with van der Waals surface area (Å²) in [7, 11) is 0. The highest BCUT2D eigenvalue weighted by molar-refractivity contribution is 5.85. The van der Waals surface area contributed by atoms with Crippen LogP contribution < -0.4 is 10.6 Å². The molecule has 0 aromatic rings. The molecule has 2 atom stereocenters. The summed E-state index contributed by atoms with van der Waals surface area (Å²) in [4.78, 5) is 22.7. The van der Waals surface area contributed by atoms with Crippen LogP contribution in [0.5, 0.6) is 0 Å². The van der Waals surface area contributed by atoms with Gasteiger partial charge in [-0.3, -0.25) is 0 Å². The third-order valence-electron chi connectivity index (χ3n) is 3.50. The van der Waals surface area contributed by atoms with E-state index >= 15 is 0 Å². The number of ether oxygens (including phenoxy) is 1. The van der Waals surface area contributed by atoms with Gasteiger partial charge in [0.15, 0.2) is 0 Å². The zero-order valence-electron chi connectivity index (χ0n) is 10.7. The van der Waals surface area contributed by atoms with Crippen molar-refractivity contribution in [3.8, 4) is 0 Å². The number of amides is 2. The molecule has 18 heavy (non-hydrogen) atoms. The molecule has 1 aliphatic carbocycles. The molecule has 2 aliphatic rings. The molecule has 3 N–H and O–H groups in total. The van der Waals surface area contributed by atoms with Crippen molar-refractivity contribution >= 4 is 12.0 Å². The van der Waals surface area contributed by atoms with Crippen LogP contribution in [-0.2, 0) is 9.53 Å². The number of nitrogens with one attached hydrogen (secondary N) is 2. The molecule has 0 aromatic heterocycles. The Labute approximate surface area is 106 Å². The molecule has 2 rings (SSSR count). The minimum absolute atomic E-state index is 0.00194. The summed E-state index contributed by atoms with van der Waals surface area (Å²) in [5.74, 6) is -0.496. The molecule has 2 amide bonds. The van der Waals surface area contributed by atoms with Gasteiger partial charge in [0.05, 0.1) is 12.1 Å². The van der Waals surface area contributed by atoms with Gasteiger partial charge in [0.2, 0.25) is 0 Å². The third kappa shape index (κ3) is 2.93. The Morgan fingerprint density at radius 2 is 1.94 bits per heavy atom. The predicted molar refractivity (Wildman–Crippen MR) is 64.3 cm³/mol. The van der Waals surface area contributed by atoms with Crippen LogP contribution in [0.1, 0.15) is 33.1 Å². The van der Waals surface area contributed by atoms with Crippen molar-refractivity contribution in [2.75, 3.05) is 6.61 Å². The van der Waals surface area contributed by atoms with Crippen LogP contribution in [0.3, 0.4) is 0 Å². The minimum atomic E-state index is -1.27. The van der Waals surface area contributed by atoms with Gasteiger partial charge < -0.3 is 20.5 Å². The molecular weight excluding hydrogens is 236 g/mol. The number of carboxylic acid groups (broad SMARTS) is 1. The van der Waals surface area contributed by atoms with Gasteiger partial charge in [-0.05, 0) is 39.0 Å². The summed E-state index contributed by atoms with van der Waals surface area (Å²) in [5, 5.41) is 14.2. The van der Waals surface area contributed by atoms with Crippen LogP contribution in [0.2, 0.25) is 0 Å². The summed E-state index contributed by atoms with van der Waals surface area (Å²) in [6, 6.07) is -0.439. The summed E-state index contributed by atoms with van der Waals surface area (Å²) >= 11 is 0. The van der Waals surface area contributed by atoms with Crippen molar-refractivity contribution in [2.45, 2.75) is 50.8 Å². The van der Waals surface area contributed by atoms with Crippen molar-refractivity contribution in [1.29, 1.82) is 0 Å². The van der Waals surface area contributed by atoms with Crippen molar-refractivity contribution in [1.82, 2.24) is 10.6 Å². The molecule has 6 heteroatoms. The standard InChI is InChI=1S/C12H20N2O4/c1-12(2,10(15)16)14-11(17)13-8-5-6-18-9(8)7-3-4-7/h7-9H,3-6H2,1-2H3,(H,15,16)(H2,13,14,17). The van der Waals surface area contributed by atoms with Gasteiger partial charge in [0.25, 0.3) is 0 Å². The quantitative estimate of drug-likeness (QED) is 0.691. The van der Waals surface area contributed by atoms with Gasteiger partial charge in [0.1, 0.15) is 5.54 Å². The number of hydrogen-bond acceptors (Lipinski definition) is 3. The highest BCUT2D eigenvalue weighted by atomic mass is 16.5. The number of urea groups is 1. The van der Waals surface area contributed by atoms with Crippen LogP contribution >= 0.6 is 0 Å². The van der Waals surface area contributed by atoms with Crippen molar-refractivity contribution < 1.29 is 19.4 Å². The maximum Gasteiger partial charge on any atom is 0.328 e. The van der Waals surface area contributed by atoms with Gasteiger partial charge in [-0.15, -0.1) is 0 Å². The van der Waals surface area contributed by atoms with Crippen molar-refractivity contribution in [2.24, 2.45) is 5.92 Å². The van der Waals surface area contributed by atoms with E-state index in [9.17, 15) is 9.59 Å². The molecule has 0 spiro atoms. The lowest BCUT2D eigenvalue weighted by Crippen LogP contribution is -2.56. The predicted octanol–water partition coefficient (Wildman–Crippen LogP) is 0.716. The monoisotopic (exact) mass is 256 g/mol. The first-order valence-corrected chi connectivity index (χ1v) is 6.34. The fraction of sp³-hybridized carbons (Fsp3) is 0.833. The molecule has 1 saturated carbocycles. The Hall–Kier alpha value is -1.30. The van der Waals surface area contributed by atoms with Crippen LogP contribution in [0, 0.1) is 5.92 Å². The first kappa shape index (κ1) is 13.1. The molecule has 0 bridgehead atoms. The molecule has 6 nitrogen and oxygen atoms in total. The topological polar surface area (TPSA) is 87.7 Å². The van der Waals surface area contributed by atoms with Crippen LogP contribution in [0.15, 0.2) is 0 Å². The Bertz CT molecular complexity index is 352. The number of hydrogen-bond donors (Lipinski definition) is 3. The van der Waals surface area contributed by atoms with Crippen molar-refractivity contribution in [3.63, 3.8) is 0 Å². The minimum Gasteiger partial charge on any atom is -0.480 e. The fourth-order valence-electron chi connectivity index (χ4n) is 2.20. The van der Waals surface area contributed by atoms with E-state index in [-0.39, 0.29) is 12.1 Å². The lowest BCUT2D eigenvalue weighted by molar-refractivity contribution is -0.142. The molecule has 2 fully saturated rings. The zero-order valence-corrected chi connectivity index (χ0v) is 10.7. The van der Waals surface area contributed by atoms with Crippen LogP contribution in [0.4, 0.5) is 4.79 Å². The van der Waals surface area contributed by atoms with Gasteiger partial charge in [-0.25, -0.2) is 9.59 Å². The second-order valence-electron chi connectivity index (χ2n) is 5.60. The third-order valence-corrected chi connectivity index (χ3v) is 3.50. The molecule has 0 radical (unpaired) electrons. The van der Waals surface area contributed by atoms with Gasteiger partial charge >= 0.3 is 12.0 Å². The van der Waals surface area contributed by atoms with Gasteiger partial charge in [-0.1, -0.05) is 0 Å². The SMILES string of the molecule is CC(C)(NC(=O)NC1CCOC1C1CC1)C(=O)O. The first-order chi connectivity index (χ1) is 8.40. The number of carboxylic acids is 1. The average molecular weight is 256 g/mol. The summed E-state index contributed by atoms with van der Waals surface area (Å²) in [6.07, 6.45) is 3.21. The molecule has 1 heterocycles. The van der Waals surface area contributed by atoms with E-state index in [0.29, 0.717) is 12.5 Å². The van der Waals surface area contributed by atoms with Crippen molar-refractivity contribution in [3.05, 3.63) is 0 Å². The van der Waals surface area contributed by atoms with Gasteiger partial charge in [0, 0.05) is 6.61 Å². The van der Waals surface area contributed by atoms with E-state index in [2.05, 4.69) is 10.6 Å². The van der Waals surface area contributed by atoms with Crippen LogP contribution in [0.25, 0.3) is 0 Å². The second-order valence-corrected chi connectivity index (χ2v) is 5.60. The Balaban J connectivity index is 1.85. The number of aliphatic carboxylic acids is 1. The smallest absolute Gasteiger partial charge is 0.328 e. The van der Waals surface area contributed by atoms with E-state index in [1.165, 1.54) is 13.8 Å². The van der Waals surface area contributed by atoms with E-state index in [4.69, 9.17) is 9.84 Å². The van der Waals surface area contributed by atoms with E-state index in [1.54, 1.807) is 0 Å². The number of carbonyl (C=O) groups is 2. The van der Waals surface area contributed by atoms with E-state index < -0.39 is 17.5 Å². The molecular formula is C12H20N2O4. The largest absolute Gasteiger partial charge is 0.480 e. The normalized spacial score (nSPS) is 27.9. The van der Waals surface area contributed by atoms with Gasteiger partial charge in [-0.2, -0.15) is 0 Å². The summed E-state index contributed by atoms with van der Waals surface area (Å²) in [6.45, 7) is 3.57. The molecule has 0 aromatic carbocycles. The highest BCUT2D eigenvalue weighted by Crippen LogP contribution is 2.38. The molecule has 102 valence electrons. The van der Waals surface area contributed by atoms with E-state index in [0.717, 1.165) is 19.3 Å². The lowest BCUT2D eigenvalue weighted by atomic mass is 10.1. The summed E-state index contributed by atoms with van der Waals surface area (Å²) < 4.78 is 5.61. The molecule has 1 saturated heterocycles. The zero-order chi connectivity index (χ0) is 13.3. The Morgan fingerprint density at radius 3 is 2.50 bits per heavy atom. The number of carbonyl (C=O) groups excluding carboxylic acids is 1. The second kappa shape index (κ2) is 4.76. The number of rotatable bonds is 4. The summed E-state index contributed by atoms with van der Waals surface area (Å²) in [5.41, 5.74) is -1.27. The van der Waals surface area contributed by atoms with Crippen LogP contribution in [-0.4, -0.2) is 41.4 Å². The first-order valence-electron chi connectivity index (χ1n) is 6.34.